The Kier molecular flexibility index (Phi) is 46.4. The lowest BCUT2D eigenvalue weighted by Crippen LogP contribution is -2.30. The lowest BCUT2D eigenvalue weighted by Gasteiger charge is -2.18. The van der Waals surface area contributed by atoms with Crippen molar-refractivity contribution in [3.05, 3.63) is 36.5 Å². The van der Waals surface area contributed by atoms with Gasteiger partial charge in [0.25, 0.3) is 0 Å². The lowest BCUT2D eigenvalue weighted by atomic mass is 10.0. The SMILES string of the molecule is CCCCCCC\C=C/C=C\C=C/CCCCCCCC(=O)OCC(COC(=O)CCCCCCCCCCC)OC(=O)CCCCCCCCCCCCCCCC. The third kappa shape index (κ3) is 46.5. The maximum atomic E-state index is 12.8. The minimum atomic E-state index is -0.774. The first kappa shape index (κ1) is 56.6. The number of rotatable bonds is 46. The summed E-state index contributed by atoms with van der Waals surface area (Å²) in [6, 6.07) is 0. The molecule has 0 aliphatic rings. The van der Waals surface area contributed by atoms with Crippen molar-refractivity contribution in [2.24, 2.45) is 0 Å². The quantitative estimate of drug-likeness (QED) is 0.0263. The van der Waals surface area contributed by atoms with Crippen LogP contribution in [0.1, 0.15) is 265 Å². The Morgan fingerprint density at radius 2 is 0.610 bits per heavy atom. The fourth-order valence-electron chi connectivity index (χ4n) is 7.33. The zero-order valence-corrected chi connectivity index (χ0v) is 39.3. The molecular weight excluding hydrogens is 733 g/mol. The molecule has 0 aliphatic heterocycles. The van der Waals surface area contributed by atoms with Gasteiger partial charge in [0.1, 0.15) is 13.2 Å². The molecule has 0 rings (SSSR count). The largest absolute Gasteiger partial charge is 0.462 e. The molecule has 0 saturated carbocycles. The Bertz CT molecular complexity index is 1000. The van der Waals surface area contributed by atoms with Crippen molar-refractivity contribution in [2.45, 2.75) is 271 Å². The van der Waals surface area contributed by atoms with Crippen molar-refractivity contribution in [2.75, 3.05) is 13.2 Å². The molecule has 0 aromatic heterocycles. The molecule has 0 aromatic rings. The molecule has 344 valence electrons. The van der Waals surface area contributed by atoms with Gasteiger partial charge in [0, 0.05) is 19.3 Å². The molecule has 0 fully saturated rings. The molecular formula is C53H96O6. The highest BCUT2D eigenvalue weighted by Crippen LogP contribution is 2.15. The Morgan fingerprint density at radius 1 is 0.339 bits per heavy atom. The number of allylic oxidation sites excluding steroid dienone is 6. The first-order valence-corrected chi connectivity index (χ1v) is 25.5. The normalized spacial score (nSPS) is 12.3. The van der Waals surface area contributed by atoms with Gasteiger partial charge in [-0.15, -0.1) is 0 Å². The number of hydrogen-bond donors (Lipinski definition) is 0. The second-order valence-electron chi connectivity index (χ2n) is 17.2. The first-order valence-electron chi connectivity index (χ1n) is 25.5. The molecule has 0 radical (unpaired) electrons. The second kappa shape index (κ2) is 48.3. The van der Waals surface area contributed by atoms with Crippen molar-refractivity contribution in [3.8, 4) is 0 Å². The summed E-state index contributed by atoms with van der Waals surface area (Å²) in [5.41, 5.74) is 0. The molecule has 0 N–H and O–H groups in total. The first-order chi connectivity index (χ1) is 29.0. The van der Waals surface area contributed by atoms with Crippen molar-refractivity contribution in [1.29, 1.82) is 0 Å². The molecule has 0 aliphatic carbocycles. The highest BCUT2D eigenvalue weighted by Gasteiger charge is 2.19. The van der Waals surface area contributed by atoms with E-state index in [2.05, 4.69) is 57.2 Å². The smallest absolute Gasteiger partial charge is 0.306 e. The minimum absolute atomic E-state index is 0.0752. The van der Waals surface area contributed by atoms with Gasteiger partial charge in [-0.2, -0.15) is 0 Å². The van der Waals surface area contributed by atoms with Crippen LogP contribution in [0.2, 0.25) is 0 Å². The molecule has 0 aromatic carbocycles. The third-order valence-corrected chi connectivity index (χ3v) is 11.2. The zero-order valence-electron chi connectivity index (χ0n) is 39.3. The number of carbonyl (C=O) groups is 3. The van der Waals surface area contributed by atoms with E-state index < -0.39 is 6.10 Å². The van der Waals surface area contributed by atoms with Gasteiger partial charge in [-0.1, -0.05) is 237 Å². The van der Waals surface area contributed by atoms with E-state index in [1.165, 1.54) is 148 Å². The van der Waals surface area contributed by atoms with Gasteiger partial charge < -0.3 is 14.2 Å². The van der Waals surface area contributed by atoms with E-state index in [4.69, 9.17) is 14.2 Å². The van der Waals surface area contributed by atoms with Crippen molar-refractivity contribution < 1.29 is 28.6 Å². The topological polar surface area (TPSA) is 78.9 Å². The molecule has 0 spiro atoms. The van der Waals surface area contributed by atoms with Crippen LogP contribution in [0.3, 0.4) is 0 Å². The van der Waals surface area contributed by atoms with Crippen LogP contribution < -0.4 is 0 Å². The summed E-state index contributed by atoms with van der Waals surface area (Å²) in [5, 5.41) is 0. The van der Waals surface area contributed by atoms with Crippen LogP contribution in [-0.2, 0) is 28.6 Å². The average Bonchev–Trinajstić information content (AvgIpc) is 3.23. The summed E-state index contributed by atoms with van der Waals surface area (Å²) in [7, 11) is 0. The Balaban J connectivity index is 4.34. The number of esters is 3. The van der Waals surface area contributed by atoms with E-state index in [0.29, 0.717) is 19.3 Å². The van der Waals surface area contributed by atoms with Gasteiger partial charge in [-0.3, -0.25) is 14.4 Å². The maximum Gasteiger partial charge on any atom is 0.306 e. The number of hydrogen-bond acceptors (Lipinski definition) is 6. The van der Waals surface area contributed by atoms with Crippen LogP contribution in [-0.4, -0.2) is 37.2 Å². The lowest BCUT2D eigenvalue weighted by molar-refractivity contribution is -0.167. The van der Waals surface area contributed by atoms with Gasteiger partial charge in [-0.25, -0.2) is 0 Å². The molecule has 1 unspecified atom stereocenters. The fraction of sp³-hybridized carbons (Fsp3) is 0.830. The number of ether oxygens (including phenoxy) is 3. The van der Waals surface area contributed by atoms with Crippen LogP contribution in [0.25, 0.3) is 0 Å². The summed E-state index contributed by atoms with van der Waals surface area (Å²) in [5.74, 6) is -0.888. The molecule has 0 bridgehead atoms. The molecule has 0 saturated heterocycles. The molecule has 1 atom stereocenters. The summed E-state index contributed by atoms with van der Waals surface area (Å²) in [4.78, 5) is 37.8. The number of unbranched alkanes of at least 4 members (excludes halogenated alkanes) is 31. The summed E-state index contributed by atoms with van der Waals surface area (Å²) in [6.45, 7) is 6.60. The van der Waals surface area contributed by atoms with E-state index in [-0.39, 0.29) is 31.1 Å². The fourth-order valence-corrected chi connectivity index (χ4v) is 7.33. The molecule has 0 amide bonds. The van der Waals surface area contributed by atoms with Crippen LogP contribution in [0.4, 0.5) is 0 Å². The Labute approximate surface area is 365 Å². The maximum absolute atomic E-state index is 12.8. The van der Waals surface area contributed by atoms with E-state index >= 15 is 0 Å². The van der Waals surface area contributed by atoms with Crippen molar-refractivity contribution in [3.63, 3.8) is 0 Å². The number of carbonyl (C=O) groups excluding carboxylic acids is 3. The summed E-state index contributed by atoms with van der Waals surface area (Å²) >= 11 is 0. The van der Waals surface area contributed by atoms with E-state index in [0.717, 1.165) is 77.0 Å². The van der Waals surface area contributed by atoms with Crippen molar-refractivity contribution in [1.82, 2.24) is 0 Å². The van der Waals surface area contributed by atoms with Crippen LogP contribution >= 0.6 is 0 Å². The van der Waals surface area contributed by atoms with E-state index in [1.807, 2.05) is 0 Å². The third-order valence-electron chi connectivity index (χ3n) is 11.2. The predicted octanol–water partition coefficient (Wildman–Crippen LogP) is 16.5. The van der Waals surface area contributed by atoms with Crippen LogP contribution in [0, 0.1) is 0 Å². The van der Waals surface area contributed by atoms with Gasteiger partial charge in [0.05, 0.1) is 0 Å². The van der Waals surface area contributed by atoms with Crippen LogP contribution in [0.5, 0.6) is 0 Å². The van der Waals surface area contributed by atoms with Gasteiger partial charge in [-0.05, 0) is 44.9 Å². The van der Waals surface area contributed by atoms with E-state index in [1.54, 1.807) is 0 Å². The average molecular weight is 829 g/mol. The highest BCUT2D eigenvalue weighted by molar-refractivity contribution is 5.71. The van der Waals surface area contributed by atoms with Crippen molar-refractivity contribution >= 4 is 17.9 Å². The minimum Gasteiger partial charge on any atom is -0.462 e. The zero-order chi connectivity index (χ0) is 43.0. The highest BCUT2D eigenvalue weighted by atomic mass is 16.6. The molecule has 59 heavy (non-hydrogen) atoms. The van der Waals surface area contributed by atoms with Crippen LogP contribution in [0.15, 0.2) is 36.5 Å². The molecule has 6 nitrogen and oxygen atoms in total. The predicted molar refractivity (Wildman–Crippen MR) is 252 cm³/mol. The van der Waals surface area contributed by atoms with E-state index in [9.17, 15) is 14.4 Å². The molecule has 0 heterocycles. The second-order valence-corrected chi connectivity index (χ2v) is 17.2. The van der Waals surface area contributed by atoms with Gasteiger partial charge in [0.2, 0.25) is 0 Å². The summed E-state index contributed by atoms with van der Waals surface area (Å²) in [6.07, 6.45) is 55.5. The Morgan fingerprint density at radius 3 is 0.932 bits per heavy atom. The standard InChI is InChI=1S/C53H96O6/c1-4-7-10-13-16-19-21-23-25-26-27-28-30-31-34-37-40-43-46-52(55)58-49-50(48-57-51(54)45-42-39-36-33-18-15-12-9-6-3)59-53(56)47-44-41-38-35-32-29-24-22-20-17-14-11-8-5-2/h21,23,25-28,50H,4-20,22,24,29-49H2,1-3H3/b23-21-,26-25-,28-27-. The van der Waals surface area contributed by atoms with Gasteiger partial charge in [0.15, 0.2) is 6.10 Å². The molecule has 6 heteroatoms. The Hall–Kier alpha value is -2.37. The monoisotopic (exact) mass is 829 g/mol. The summed E-state index contributed by atoms with van der Waals surface area (Å²) < 4.78 is 16.7. The van der Waals surface area contributed by atoms with Gasteiger partial charge >= 0.3 is 17.9 Å².